The summed E-state index contributed by atoms with van der Waals surface area (Å²) in [5.74, 6) is 0.795. The van der Waals surface area contributed by atoms with Crippen LogP contribution in [0.5, 0.6) is 5.75 Å². The third-order valence-electron chi connectivity index (χ3n) is 2.45. The van der Waals surface area contributed by atoms with Gasteiger partial charge in [0.05, 0.1) is 7.11 Å². The maximum Gasteiger partial charge on any atom is 0.246 e. The Hall–Kier alpha value is -1.77. The van der Waals surface area contributed by atoms with E-state index >= 15 is 0 Å². The highest BCUT2D eigenvalue weighted by atomic mass is 16.5. The van der Waals surface area contributed by atoms with Gasteiger partial charge in [0.2, 0.25) is 5.91 Å². The number of carbonyl (C=O) groups is 1. The molecule has 0 atom stereocenters. The van der Waals surface area contributed by atoms with Crippen LogP contribution in [0.2, 0.25) is 0 Å². The molecule has 0 spiro atoms. The zero-order valence-corrected chi connectivity index (χ0v) is 10.5. The second-order valence-corrected chi connectivity index (χ2v) is 3.99. The third kappa shape index (κ3) is 4.72. The molecule has 0 saturated carbocycles. The minimum absolute atomic E-state index is 0.0735. The molecular weight excluding hydrogens is 214 g/mol. The van der Waals surface area contributed by atoms with Gasteiger partial charge < -0.3 is 10.1 Å². The van der Waals surface area contributed by atoms with Crippen LogP contribution in [0.4, 0.5) is 0 Å². The Balaban J connectivity index is 2.31. The van der Waals surface area contributed by atoms with Crippen molar-refractivity contribution in [1.82, 2.24) is 5.32 Å². The van der Waals surface area contributed by atoms with E-state index in [0.29, 0.717) is 12.1 Å². The number of nitrogens with one attached hydrogen (secondary N) is 1. The monoisotopic (exact) mass is 233 g/mol. The number of carbonyl (C=O) groups excluding carboxylic acids is 1. The van der Waals surface area contributed by atoms with E-state index in [1.807, 2.05) is 18.2 Å². The van der Waals surface area contributed by atoms with Gasteiger partial charge in [0.1, 0.15) is 5.75 Å². The summed E-state index contributed by atoms with van der Waals surface area (Å²) in [6.45, 7) is 5.96. The molecule has 0 aliphatic carbocycles. The largest absolute Gasteiger partial charge is 0.497 e. The van der Waals surface area contributed by atoms with Crippen LogP contribution >= 0.6 is 0 Å². The van der Waals surface area contributed by atoms with E-state index in [9.17, 15) is 4.79 Å². The van der Waals surface area contributed by atoms with Crippen LogP contribution < -0.4 is 10.1 Å². The number of ether oxygens (including phenoxy) is 1. The first kappa shape index (κ1) is 13.3. The Bertz CT molecular complexity index is 399. The zero-order valence-electron chi connectivity index (χ0n) is 10.5. The van der Waals surface area contributed by atoms with Crippen molar-refractivity contribution in [3.05, 3.63) is 42.0 Å². The number of rotatable bonds is 6. The molecule has 1 N–H and O–H groups in total. The Morgan fingerprint density at radius 1 is 1.47 bits per heavy atom. The van der Waals surface area contributed by atoms with Crippen LogP contribution in [0.3, 0.4) is 0 Å². The summed E-state index contributed by atoms with van der Waals surface area (Å²) in [6, 6.07) is 7.97. The van der Waals surface area contributed by atoms with Crippen LogP contribution in [0.1, 0.15) is 18.9 Å². The SMILES string of the molecule is C=C(C)C(=O)NCCCc1cccc(OC)c1. The van der Waals surface area contributed by atoms with Crippen molar-refractivity contribution in [2.45, 2.75) is 19.8 Å². The van der Waals surface area contributed by atoms with E-state index < -0.39 is 0 Å². The first-order chi connectivity index (χ1) is 8.13. The van der Waals surface area contributed by atoms with Gasteiger partial charge in [-0.25, -0.2) is 0 Å². The van der Waals surface area contributed by atoms with Gasteiger partial charge in [0, 0.05) is 12.1 Å². The van der Waals surface area contributed by atoms with E-state index in [2.05, 4.69) is 18.0 Å². The van der Waals surface area contributed by atoms with Gasteiger partial charge in [-0.3, -0.25) is 4.79 Å². The average Bonchev–Trinajstić information content (AvgIpc) is 2.34. The molecule has 92 valence electrons. The summed E-state index contributed by atoms with van der Waals surface area (Å²) < 4.78 is 5.15. The number of aryl methyl sites for hydroxylation is 1. The molecule has 0 heterocycles. The molecule has 0 aliphatic rings. The molecular formula is C14H19NO2. The number of hydrogen-bond donors (Lipinski definition) is 1. The lowest BCUT2D eigenvalue weighted by molar-refractivity contribution is -0.117. The molecule has 17 heavy (non-hydrogen) atoms. The quantitative estimate of drug-likeness (QED) is 0.605. The van der Waals surface area contributed by atoms with Crippen LogP contribution in [0, 0.1) is 0 Å². The second kappa shape index (κ2) is 6.74. The Labute approximate surface area is 102 Å². The maximum absolute atomic E-state index is 11.2. The normalized spacial score (nSPS) is 9.76. The van der Waals surface area contributed by atoms with Crippen molar-refractivity contribution in [3.8, 4) is 5.75 Å². The summed E-state index contributed by atoms with van der Waals surface area (Å²) in [5.41, 5.74) is 1.76. The predicted octanol–water partition coefficient (Wildman–Crippen LogP) is 2.32. The van der Waals surface area contributed by atoms with E-state index in [1.165, 1.54) is 5.56 Å². The Morgan fingerprint density at radius 3 is 2.88 bits per heavy atom. The van der Waals surface area contributed by atoms with Crippen molar-refractivity contribution < 1.29 is 9.53 Å². The minimum Gasteiger partial charge on any atom is -0.497 e. The Morgan fingerprint density at radius 2 is 2.24 bits per heavy atom. The average molecular weight is 233 g/mol. The lowest BCUT2D eigenvalue weighted by Gasteiger charge is -2.06. The van der Waals surface area contributed by atoms with Crippen LogP contribution in [-0.4, -0.2) is 19.6 Å². The number of benzene rings is 1. The van der Waals surface area contributed by atoms with E-state index in [-0.39, 0.29) is 5.91 Å². The molecule has 0 aromatic heterocycles. The highest BCUT2D eigenvalue weighted by Gasteiger charge is 2.00. The van der Waals surface area contributed by atoms with Gasteiger partial charge >= 0.3 is 0 Å². The van der Waals surface area contributed by atoms with Gasteiger partial charge in [-0.15, -0.1) is 0 Å². The van der Waals surface area contributed by atoms with Crippen LogP contribution in [-0.2, 0) is 11.2 Å². The molecule has 1 aromatic rings. The summed E-state index contributed by atoms with van der Waals surface area (Å²) in [6.07, 6.45) is 1.83. The van der Waals surface area contributed by atoms with Crippen LogP contribution in [0.25, 0.3) is 0 Å². The van der Waals surface area contributed by atoms with Crippen molar-refractivity contribution in [3.63, 3.8) is 0 Å². The summed E-state index contributed by atoms with van der Waals surface area (Å²) in [4.78, 5) is 11.2. The van der Waals surface area contributed by atoms with Gasteiger partial charge in [-0.1, -0.05) is 18.7 Å². The summed E-state index contributed by atoms with van der Waals surface area (Å²) >= 11 is 0. The summed E-state index contributed by atoms with van der Waals surface area (Å²) in [7, 11) is 1.66. The third-order valence-corrected chi connectivity index (χ3v) is 2.45. The molecule has 0 saturated heterocycles. The predicted molar refractivity (Wildman–Crippen MR) is 69.1 cm³/mol. The highest BCUT2D eigenvalue weighted by molar-refractivity contribution is 5.91. The highest BCUT2D eigenvalue weighted by Crippen LogP contribution is 2.13. The first-order valence-corrected chi connectivity index (χ1v) is 5.70. The molecule has 3 nitrogen and oxygen atoms in total. The van der Waals surface area contributed by atoms with Gasteiger partial charge in [-0.2, -0.15) is 0 Å². The van der Waals surface area contributed by atoms with Crippen LogP contribution in [0.15, 0.2) is 36.4 Å². The Kier molecular flexibility index (Phi) is 5.27. The lowest BCUT2D eigenvalue weighted by atomic mass is 10.1. The number of methoxy groups -OCH3 is 1. The zero-order chi connectivity index (χ0) is 12.7. The fourth-order valence-electron chi connectivity index (χ4n) is 1.47. The molecule has 1 aromatic carbocycles. The maximum atomic E-state index is 11.2. The fraction of sp³-hybridized carbons (Fsp3) is 0.357. The molecule has 0 unspecified atom stereocenters. The molecule has 0 fully saturated rings. The minimum atomic E-state index is -0.0735. The van der Waals surface area contributed by atoms with E-state index in [0.717, 1.165) is 18.6 Å². The fourth-order valence-corrected chi connectivity index (χ4v) is 1.47. The second-order valence-electron chi connectivity index (χ2n) is 3.99. The molecule has 0 aliphatic heterocycles. The molecule has 0 bridgehead atoms. The van der Waals surface area contributed by atoms with Gasteiger partial charge in [0.25, 0.3) is 0 Å². The first-order valence-electron chi connectivity index (χ1n) is 5.70. The lowest BCUT2D eigenvalue weighted by Crippen LogP contribution is -2.24. The van der Waals surface area contributed by atoms with E-state index in [1.54, 1.807) is 14.0 Å². The van der Waals surface area contributed by atoms with Crippen molar-refractivity contribution in [1.29, 1.82) is 0 Å². The van der Waals surface area contributed by atoms with E-state index in [4.69, 9.17) is 4.74 Å². The standard InChI is InChI=1S/C14H19NO2/c1-11(2)14(16)15-9-5-7-12-6-4-8-13(10-12)17-3/h4,6,8,10H,1,5,7,9H2,2-3H3,(H,15,16). The number of amides is 1. The van der Waals surface area contributed by atoms with Crippen molar-refractivity contribution in [2.75, 3.05) is 13.7 Å². The topological polar surface area (TPSA) is 38.3 Å². The molecule has 0 radical (unpaired) electrons. The molecule has 3 heteroatoms. The molecule has 1 rings (SSSR count). The smallest absolute Gasteiger partial charge is 0.246 e. The summed E-state index contributed by atoms with van der Waals surface area (Å²) in [5, 5.41) is 2.81. The van der Waals surface area contributed by atoms with Gasteiger partial charge in [-0.05, 0) is 37.5 Å². The van der Waals surface area contributed by atoms with Crippen molar-refractivity contribution in [2.24, 2.45) is 0 Å². The van der Waals surface area contributed by atoms with Crippen molar-refractivity contribution >= 4 is 5.91 Å². The molecule has 1 amide bonds. The van der Waals surface area contributed by atoms with Gasteiger partial charge in [0.15, 0.2) is 0 Å². The number of hydrogen-bond acceptors (Lipinski definition) is 2.